The summed E-state index contributed by atoms with van der Waals surface area (Å²) >= 11 is 0. The first-order chi connectivity index (χ1) is 16.0. The van der Waals surface area contributed by atoms with Gasteiger partial charge in [-0.05, 0) is 0 Å². The largest absolute Gasteiger partial charge is 0.491 e. The molecule has 0 unspecified atom stereocenters. The number of carbonyl (C=O) groups excluding carboxylic acids is 2. The van der Waals surface area contributed by atoms with E-state index in [9.17, 15) is 44.7 Å². The molecule has 4 rings (SSSR count). The molecule has 34 heavy (non-hydrogen) atoms. The van der Waals surface area contributed by atoms with Crippen LogP contribution in [-0.2, 0) is 9.59 Å². The van der Waals surface area contributed by atoms with Crippen LogP contribution in [0.2, 0.25) is 0 Å². The SMILES string of the molecule is COc1c(F)c(F)c(C2=C3C(=O)NC(c4c(F)c(F)c(OC)c(F)c4F)=C3C(=O)N2)c(F)c1F. The van der Waals surface area contributed by atoms with Crippen molar-refractivity contribution in [3.63, 3.8) is 0 Å². The van der Waals surface area contributed by atoms with Crippen LogP contribution in [0.15, 0.2) is 11.1 Å². The number of rotatable bonds is 4. The van der Waals surface area contributed by atoms with Crippen molar-refractivity contribution >= 4 is 23.2 Å². The Labute approximate surface area is 183 Å². The van der Waals surface area contributed by atoms with Gasteiger partial charge in [0.1, 0.15) is 0 Å². The summed E-state index contributed by atoms with van der Waals surface area (Å²) in [6.07, 6.45) is 0. The lowest BCUT2D eigenvalue weighted by molar-refractivity contribution is -0.117. The Hall–Kier alpha value is -4.10. The first-order valence-corrected chi connectivity index (χ1v) is 8.89. The van der Waals surface area contributed by atoms with E-state index >= 15 is 0 Å². The van der Waals surface area contributed by atoms with E-state index < -0.39 is 104 Å². The normalized spacial score (nSPS) is 15.1. The zero-order chi connectivity index (χ0) is 25.2. The van der Waals surface area contributed by atoms with Gasteiger partial charge in [0.25, 0.3) is 11.8 Å². The van der Waals surface area contributed by atoms with Crippen molar-refractivity contribution in [3.05, 3.63) is 68.8 Å². The zero-order valence-electron chi connectivity index (χ0n) is 16.7. The smallest absolute Gasteiger partial charge is 0.258 e. The second-order valence-electron chi connectivity index (χ2n) is 6.74. The predicted octanol–water partition coefficient (Wildman–Crippen LogP) is 3.20. The summed E-state index contributed by atoms with van der Waals surface area (Å²) < 4.78 is 123. The van der Waals surface area contributed by atoms with Crippen LogP contribution in [0.3, 0.4) is 0 Å². The van der Waals surface area contributed by atoms with Gasteiger partial charge in [-0.15, -0.1) is 0 Å². The zero-order valence-corrected chi connectivity index (χ0v) is 16.7. The molecule has 2 N–H and O–H groups in total. The van der Waals surface area contributed by atoms with Crippen molar-refractivity contribution in [1.29, 1.82) is 0 Å². The Balaban J connectivity index is 2.05. The molecule has 0 saturated heterocycles. The lowest BCUT2D eigenvalue weighted by Crippen LogP contribution is -2.24. The molecule has 2 amide bonds. The summed E-state index contributed by atoms with van der Waals surface area (Å²) in [5, 5.41) is 3.55. The molecule has 2 aliphatic rings. The van der Waals surface area contributed by atoms with E-state index in [1.807, 2.05) is 0 Å². The van der Waals surface area contributed by atoms with E-state index in [1.54, 1.807) is 10.6 Å². The Bertz CT molecular complexity index is 1240. The van der Waals surface area contributed by atoms with Crippen LogP contribution in [0.5, 0.6) is 11.5 Å². The Morgan fingerprint density at radius 2 is 0.765 bits per heavy atom. The first-order valence-electron chi connectivity index (χ1n) is 8.89. The molecule has 178 valence electrons. The molecule has 6 nitrogen and oxygen atoms in total. The summed E-state index contributed by atoms with van der Waals surface area (Å²) in [7, 11) is 1.43. The third-order valence-corrected chi connectivity index (χ3v) is 5.04. The molecule has 0 spiro atoms. The van der Waals surface area contributed by atoms with E-state index in [0.717, 1.165) is 0 Å². The maximum atomic E-state index is 14.6. The third-order valence-electron chi connectivity index (χ3n) is 5.04. The van der Waals surface area contributed by atoms with Crippen LogP contribution in [-0.4, -0.2) is 26.0 Å². The lowest BCUT2D eigenvalue weighted by atomic mass is 10.00. The fourth-order valence-corrected chi connectivity index (χ4v) is 3.58. The van der Waals surface area contributed by atoms with Gasteiger partial charge in [-0.2, -0.15) is 17.6 Å². The summed E-state index contributed by atoms with van der Waals surface area (Å²) in [4.78, 5) is 25.0. The van der Waals surface area contributed by atoms with Gasteiger partial charge in [0.05, 0.1) is 47.9 Å². The average molecular weight is 492 g/mol. The molecule has 2 aliphatic heterocycles. The molecule has 0 aromatic heterocycles. The molecule has 0 saturated carbocycles. The third kappa shape index (κ3) is 2.87. The van der Waals surface area contributed by atoms with Gasteiger partial charge in [-0.1, -0.05) is 0 Å². The van der Waals surface area contributed by atoms with Crippen molar-refractivity contribution in [2.24, 2.45) is 0 Å². The van der Waals surface area contributed by atoms with E-state index in [0.29, 0.717) is 14.2 Å². The number of carbonyl (C=O) groups is 2. The molecular formula is C20H8F8N2O4. The van der Waals surface area contributed by atoms with Crippen LogP contribution in [0.1, 0.15) is 11.1 Å². The Kier molecular flexibility index (Phi) is 5.25. The molecule has 2 aromatic rings. The summed E-state index contributed by atoms with van der Waals surface area (Å²) in [5.41, 5.74) is -7.26. The standard InChI is InChI=1S/C20H8F8N2O4/c1-33-17-11(25)7(21)5(8(22)12(17)26)15-3-4(20(32)29-15)16(30-19(3)31)6-9(23)13(27)18(34-2)14(28)10(6)24/h1-2H3,(H,29,32)(H,30,31). The minimum absolute atomic E-state index is 0.715. The van der Waals surface area contributed by atoms with Crippen molar-refractivity contribution in [1.82, 2.24) is 10.6 Å². The number of fused-ring (bicyclic) bond motifs is 1. The maximum absolute atomic E-state index is 14.6. The predicted molar refractivity (Wildman–Crippen MR) is 95.8 cm³/mol. The molecule has 0 aliphatic carbocycles. The van der Waals surface area contributed by atoms with E-state index in [1.165, 1.54) is 0 Å². The molecule has 2 heterocycles. The van der Waals surface area contributed by atoms with Crippen LogP contribution in [0.4, 0.5) is 35.1 Å². The highest BCUT2D eigenvalue weighted by atomic mass is 19.2. The molecular weight excluding hydrogens is 484 g/mol. The fraction of sp³-hybridized carbons (Fsp3) is 0.100. The monoisotopic (exact) mass is 492 g/mol. The van der Waals surface area contributed by atoms with E-state index in [-0.39, 0.29) is 0 Å². The Morgan fingerprint density at radius 3 is 1.00 bits per heavy atom. The summed E-state index contributed by atoms with van der Waals surface area (Å²) in [6, 6.07) is 0. The van der Waals surface area contributed by atoms with Crippen LogP contribution in [0.25, 0.3) is 11.4 Å². The van der Waals surface area contributed by atoms with Crippen molar-refractivity contribution in [3.8, 4) is 11.5 Å². The number of hydrogen-bond donors (Lipinski definition) is 2. The molecule has 14 heteroatoms. The first kappa shape index (κ1) is 23.1. The molecule has 0 bridgehead atoms. The van der Waals surface area contributed by atoms with Crippen molar-refractivity contribution in [2.45, 2.75) is 0 Å². The topological polar surface area (TPSA) is 76.7 Å². The van der Waals surface area contributed by atoms with Crippen molar-refractivity contribution < 1.29 is 54.2 Å². The van der Waals surface area contributed by atoms with Gasteiger partial charge in [0, 0.05) is 0 Å². The molecule has 0 atom stereocenters. The summed E-state index contributed by atoms with van der Waals surface area (Å²) in [6.45, 7) is 0. The summed E-state index contributed by atoms with van der Waals surface area (Å²) in [5.74, 6) is -22.0. The van der Waals surface area contributed by atoms with Gasteiger partial charge >= 0.3 is 0 Å². The van der Waals surface area contributed by atoms with Gasteiger partial charge < -0.3 is 20.1 Å². The van der Waals surface area contributed by atoms with Gasteiger partial charge in [0.2, 0.25) is 23.3 Å². The van der Waals surface area contributed by atoms with Crippen LogP contribution >= 0.6 is 0 Å². The number of benzene rings is 2. The minimum Gasteiger partial charge on any atom is -0.491 e. The lowest BCUT2D eigenvalue weighted by Gasteiger charge is -2.13. The second kappa shape index (κ2) is 7.74. The highest BCUT2D eigenvalue weighted by Gasteiger charge is 2.45. The van der Waals surface area contributed by atoms with E-state index in [2.05, 4.69) is 9.47 Å². The van der Waals surface area contributed by atoms with Gasteiger partial charge in [0.15, 0.2) is 34.8 Å². The second-order valence-corrected chi connectivity index (χ2v) is 6.74. The molecule has 0 fully saturated rings. The highest BCUT2D eigenvalue weighted by molar-refractivity contribution is 6.30. The average Bonchev–Trinajstić information content (AvgIpc) is 3.31. The number of hydrogen-bond acceptors (Lipinski definition) is 4. The quantitative estimate of drug-likeness (QED) is 0.508. The maximum Gasteiger partial charge on any atom is 0.258 e. The highest BCUT2D eigenvalue weighted by Crippen LogP contribution is 2.43. The number of ether oxygens (including phenoxy) is 2. The number of methoxy groups -OCH3 is 2. The van der Waals surface area contributed by atoms with Crippen molar-refractivity contribution in [2.75, 3.05) is 14.2 Å². The van der Waals surface area contributed by atoms with Gasteiger partial charge in [-0.25, -0.2) is 17.6 Å². The van der Waals surface area contributed by atoms with Crippen LogP contribution in [0, 0.1) is 46.5 Å². The molecule has 0 radical (unpaired) electrons. The fourth-order valence-electron chi connectivity index (χ4n) is 3.58. The minimum atomic E-state index is -2.07. The molecule has 2 aromatic carbocycles. The number of halogens is 8. The number of nitrogens with one attached hydrogen (secondary N) is 2. The van der Waals surface area contributed by atoms with Crippen LogP contribution < -0.4 is 20.1 Å². The van der Waals surface area contributed by atoms with Gasteiger partial charge in [-0.3, -0.25) is 9.59 Å². The van der Waals surface area contributed by atoms with E-state index in [4.69, 9.17) is 0 Å². The number of amides is 2. The Morgan fingerprint density at radius 1 is 0.500 bits per heavy atom.